The van der Waals surface area contributed by atoms with Gasteiger partial charge in [0.15, 0.2) is 0 Å². The van der Waals surface area contributed by atoms with Crippen molar-refractivity contribution in [2.45, 2.75) is 32.7 Å². The van der Waals surface area contributed by atoms with E-state index in [1.807, 2.05) is 18.2 Å². The number of carbonyl (C=O) groups is 1. The highest BCUT2D eigenvalue weighted by Gasteiger charge is 2.20. The first-order chi connectivity index (χ1) is 10.2. The van der Waals surface area contributed by atoms with E-state index in [0.29, 0.717) is 5.92 Å². The van der Waals surface area contributed by atoms with Gasteiger partial charge in [0, 0.05) is 13.1 Å². The fourth-order valence-corrected chi connectivity index (χ4v) is 3.10. The third-order valence-electron chi connectivity index (χ3n) is 4.14. The van der Waals surface area contributed by atoms with Crippen molar-refractivity contribution in [2.24, 2.45) is 5.92 Å². The Labute approximate surface area is 127 Å². The Morgan fingerprint density at radius 2 is 2.14 bits per heavy atom. The summed E-state index contributed by atoms with van der Waals surface area (Å²) in [7, 11) is 0. The Morgan fingerprint density at radius 1 is 1.38 bits per heavy atom. The molecule has 1 aliphatic rings. The van der Waals surface area contributed by atoms with E-state index in [0.717, 1.165) is 43.9 Å². The molecule has 2 N–H and O–H groups in total. The van der Waals surface area contributed by atoms with E-state index in [2.05, 4.69) is 23.2 Å². The van der Waals surface area contributed by atoms with Crippen molar-refractivity contribution in [2.75, 3.05) is 26.2 Å². The van der Waals surface area contributed by atoms with E-state index in [1.165, 1.54) is 12.8 Å². The summed E-state index contributed by atoms with van der Waals surface area (Å²) in [6.45, 7) is 7.34. The second kappa shape index (κ2) is 8.15. The highest BCUT2D eigenvalue weighted by Crippen LogP contribution is 2.20. The number of nitrogens with zero attached hydrogens (tertiary/aromatic N) is 1. The molecule has 21 heavy (non-hydrogen) atoms. The third kappa shape index (κ3) is 5.14. The smallest absolute Gasteiger partial charge is 0.307 e. The number of carboxylic acid groups (broad SMARTS) is 1. The van der Waals surface area contributed by atoms with Gasteiger partial charge in [0.25, 0.3) is 0 Å². The molecule has 1 aromatic carbocycles. The minimum absolute atomic E-state index is 0.116. The molecule has 0 radical (unpaired) electrons. The average molecular weight is 290 g/mol. The van der Waals surface area contributed by atoms with Gasteiger partial charge in [0.05, 0.1) is 6.42 Å². The first-order valence-corrected chi connectivity index (χ1v) is 7.90. The summed E-state index contributed by atoms with van der Waals surface area (Å²) in [5, 5.41) is 12.5. The van der Waals surface area contributed by atoms with Gasteiger partial charge in [-0.25, -0.2) is 0 Å². The molecule has 116 valence electrons. The molecule has 0 saturated carbocycles. The largest absolute Gasteiger partial charge is 0.481 e. The summed E-state index contributed by atoms with van der Waals surface area (Å²) in [6, 6.07) is 7.92. The zero-order valence-corrected chi connectivity index (χ0v) is 12.8. The second-order valence-corrected chi connectivity index (χ2v) is 5.89. The van der Waals surface area contributed by atoms with Crippen LogP contribution in [0.2, 0.25) is 0 Å². The van der Waals surface area contributed by atoms with Gasteiger partial charge in [0.1, 0.15) is 0 Å². The summed E-state index contributed by atoms with van der Waals surface area (Å²) < 4.78 is 0. The molecule has 4 nitrogen and oxygen atoms in total. The van der Waals surface area contributed by atoms with Crippen LogP contribution in [0.4, 0.5) is 0 Å². The van der Waals surface area contributed by atoms with Crippen LogP contribution in [0.5, 0.6) is 0 Å². The monoisotopic (exact) mass is 290 g/mol. The number of piperidine rings is 1. The number of carboxylic acids is 1. The molecular weight excluding hydrogens is 264 g/mol. The Bertz CT molecular complexity index is 462. The zero-order chi connectivity index (χ0) is 15.1. The van der Waals surface area contributed by atoms with Crippen LogP contribution in [-0.4, -0.2) is 42.2 Å². The van der Waals surface area contributed by atoms with E-state index in [1.54, 1.807) is 0 Å². The topological polar surface area (TPSA) is 52.6 Å². The van der Waals surface area contributed by atoms with Crippen molar-refractivity contribution in [3.63, 3.8) is 0 Å². The number of hydrogen-bond acceptors (Lipinski definition) is 3. The van der Waals surface area contributed by atoms with Crippen molar-refractivity contribution >= 4 is 5.97 Å². The van der Waals surface area contributed by atoms with Crippen LogP contribution in [0.1, 0.15) is 30.9 Å². The first-order valence-electron chi connectivity index (χ1n) is 7.90. The van der Waals surface area contributed by atoms with Gasteiger partial charge in [-0.1, -0.05) is 31.2 Å². The number of nitrogens with one attached hydrogen (secondary N) is 1. The molecule has 1 fully saturated rings. The van der Waals surface area contributed by atoms with Crippen molar-refractivity contribution in [1.82, 2.24) is 10.2 Å². The molecule has 2 rings (SSSR count). The molecule has 0 aromatic heterocycles. The molecule has 1 atom stereocenters. The molecule has 1 saturated heterocycles. The van der Waals surface area contributed by atoms with Crippen LogP contribution in [0.15, 0.2) is 24.3 Å². The third-order valence-corrected chi connectivity index (χ3v) is 4.14. The van der Waals surface area contributed by atoms with Crippen molar-refractivity contribution in [3.8, 4) is 0 Å². The summed E-state index contributed by atoms with van der Waals surface area (Å²) >= 11 is 0. The normalized spacial score (nSPS) is 19.6. The number of aliphatic carboxylic acids is 1. The van der Waals surface area contributed by atoms with Gasteiger partial charge in [0.2, 0.25) is 0 Å². The van der Waals surface area contributed by atoms with Gasteiger partial charge in [-0.15, -0.1) is 0 Å². The average Bonchev–Trinajstić information content (AvgIpc) is 2.47. The van der Waals surface area contributed by atoms with E-state index in [9.17, 15) is 4.79 Å². The van der Waals surface area contributed by atoms with Crippen molar-refractivity contribution < 1.29 is 9.90 Å². The molecule has 0 bridgehead atoms. The lowest BCUT2D eigenvalue weighted by molar-refractivity contribution is -0.136. The maximum Gasteiger partial charge on any atom is 0.307 e. The summed E-state index contributed by atoms with van der Waals surface area (Å²) in [5.74, 6) is -0.0450. The lowest BCUT2D eigenvalue weighted by atomic mass is 9.96. The van der Waals surface area contributed by atoms with Gasteiger partial charge < -0.3 is 10.4 Å². The highest BCUT2D eigenvalue weighted by atomic mass is 16.4. The summed E-state index contributed by atoms with van der Waals surface area (Å²) in [5.41, 5.74) is 2.10. The number of hydrogen-bond donors (Lipinski definition) is 2. The molecule has 0 aliphatic carbocycles. The molecule has 4 heteroatoms. The fraction of sp³-hybridized carbons (Fsp3) is 0.588. The number of benzene rings is 1. The molecule has 0 spiro atoms. The predicted octanol–water partition coefficient (Wildman–Crippen LogP) is 2.14. The standard InChI is InChI=1S/C17H26N2O2/c1-2-18-11-14-6-5-9-19(12-14)13-16-8-4-3-7-15(16)10-17(20)21/h3-4,7-8,14,18H,2,5-6,9-13H2,1H3,(H,20,21). The minimum atomic E-state index is -0.758. The molecule has 1 aromatic rings. The Hall–Kier alpha value is -1.39. The number of likely N-dealkylation sites (tertiary alicyclic amines) is 1. The molecule has 1 unspecified atom stereocenters. The van der Waals surface area contributed by atoms with E-state index in [-0.39, 0.29) is 6.42 Å². The Balaban J connectivity index is 1.96. The van der Waals surface area contributed by atoms with Crippen LogP contribution >= 0.6 is 0 Å². The Morgan fingerprint density at radius 3 is 2.86 bits per heavy atom. The maximum atomic E-state index is 11.0. The van der Waals surface area contributed by atoms with Crippen LogP contribution in [-0.2, 0) is 17.8 Å². The lowest BCUT2D eigenvalue weighted by Crippen LogP contribution is -2.39. The van der Waals surface area contributed by atoms with Gasteiger partial charge in [-0.3, -0.25) is 9.69 Å². The second-order valence-electron chi connectivity index (χ2n) is 5.89. The summed E-state index contributed by atoms with van der Waals surface area (Å²) in [6.07, 6.45) is 2.64. The minimum Gasteiger partial charge on any atom is -0.481 e. The van der Waals surface area contributed by atoms with Crippen LogP contribution in [0.3, 0.4) is 0 Å². The summed E-state index contributed by atoms with van der Waals surface area (Å²) in [4.78, 5) is 13.4. The van der Waals surface area contributed by atoms with Gasteiger partial charge >= 0.3 is 5.97 Å². The molecule has 1 aliphatic heterocycles. The predicted molar refractivity (Wildman–Crippen MR) is 84.3 cm³/mol. The lowest BCUT2D eigenvalue weighted by Gasteiger charge is -2.33. The van der Waals surface area contributed by atoms with E-state index < -0.39 is 5.97 Å². The van der Waals surface area contributed by atoms with Crippen molar-refractivity contribution in [1.29, 1.82) is 0 Å². The number of rotatable bonds is 7. The van der Waals surface area contributed by atoms with E-state index in [4.69, 9.17) is 5.11 Å². The first kappa shape index (κ1) is 16.0. The van der Waals surface area contributed by atoms with E-state index >= 15 is 0 Å². The van der Waals surface area contributed by atoms with Gasteiger partial charge in [-0.05, 0) is 49.5 Å². The maximum absolute atomic E-state index is 11.0. The molecular formula is C17H26N2O2. The van der Waals surface area contributed by atoms with Crippen LogP contribution < -0.4 is 5.32 Å². The Kier molecular flexibility index (Phi) is 6.21. The molecule has 0 amide bonds. The molecule has 1 heterocycles. The highest BCUT2D eigenvalue weighted by molar-refractivity contribution is 5.70. The van der Waals surface area contributed by atoms with Crippen LogP contribution in [0, 0.1) is 5.92 Å². The van der Waals surface area contributed by atoms with Crippen molar-refractivity contribution in [3.05, 3.63) is 35.4 Å². The van der Waals surface area contributed by atoms with Gasteiger partial charge in [-0.2, -0.15) is 0 Å². The zero-order valence-electron chi connectivity index (χ0n) is 12.8. The quantitative estimate of drug-likeness (QED) is 0.808. The van der Waals surface area contributed by atoms with Crippen LogP contribution in [0.25, 0.3) is 0 Å². The fourth-order valence-electron chi connectivity index (χ4n) is 3.10. The SMILES string of the molecule is CCNCC1CCCN(Cc2ccccc2CC(=O)O)C1.